The van der Waals surface area contributed by atoms with Crippen LogP contribution in [-0.2, 0) is 14.8 Å². The summed E-state index contributed by atoms with van der Waals surface area (Å²) in [5, 5.41) is 2.22. The van der Waals surface area contributed by atoms with E-state index in [0.29, 0.717) is 19.6 Å². The average molecular weight is 423 g/mol. The van der Waals surface area contributed by atoms with Crippen LogP contribution in [0.25, 0.3) is 0 Å². The topological polar surface area (TPSA) is 74.3 Å². The Hall–Kier alpha value is -1.93. The van der Waals surface area contributed by atoms with Crippen molar-refractivity contribution in [2.45, 2.75) is 17.9 Å². The first kappa shape index (κ1) is 20.8. The summed E-state index contributed by atoms with van der Waals surface area (Å²) >= 11 is 6.05. The van der Waals surface area contributed by atoms with E-state index in [1.54, 1.807) is 23.1 Å². The van der Waals surface area contributed by atoms with E-state index in [1.807, 2.05) is 35.6 Å². The summed E-state index contributed by atoms with van der Waals surface area (Å²) in [4.78, 5) is 14.4. The van der Waals surface area contributed by atoms with Crippen LogP contribution in [0.1, 0.15) is 18.5 Å². The Morgan fingerprint density at radius 3 is 2.29 bits per heavy atom. The molecule has 0 saturated carbocycles. The number of nitrogens with two attached hydrogens (primary N) is 1. The van der Waals surface area contributed by atoms with Crippen molar-refractivity contribution in [3.63, 3.8) is 0 Å². The number of halogens is 1. The van der Waals surface area contributed by atoms with Crippen molar-refractivity contribution in [1.82, 2.24) is 9.21 Å². The molecular weight excluding hydrogens is 398 g/mol. The molecule has 1 aliphatic heterocycles. The van der Waals surface area contributed by atoms with Crippen molar-refractivity contribution >= 4 is 27.5 Å². The maximum Gasteiger partial charge on any atom is 0.277 e. The molecule has 1 amide bonds. The van der Waals surface area contributed by atoms with Crippen LogP contribution in [0, 0.1) is 0 Å². The summed E-state index contributed by atoms with van der Waals surface area (Å²) < 4.78 is 27.0. The number of rotatable bonds is 6. The predicted octanol–water partition coefficient (Wildman–Crippen LogP) is 1.50. The number of piperazine rings is 1. The quantitative estimate of drug-likeness (QED) is 0.766. The fourth-order valence-corrected chi connectivity index (χ4v) is 5.19. The molecule has 0 radical (unpaired) electrons. The molecule has 1 saturated heterocycles. The first-order valence-electron chi connectivity index (χ1n) is 9.30. The van der Waals surface area contributed by atoms with E-state index in [0.717, 1.165) is 0 Å². The molecule has 6 nitrogen and oxygen atoms in total. The highest BCUT2D eigenvalue weighted by Gasteiger charge is 2.31. The van der Waals surface area contributed by atoms with E-state index in [9.17, 15) is 13.2 Å². The molecule has 0 unspecified atom stereocenters. The van der Waals surface area contributed by atoms with Gasteiger partial charge in [0, 0.05) is 31.7 Å². The zero-order valence-corrected chi connectivity index (χ0v) is 17.4. The highest BCUT2D eigenvalue weighted by molar-refractivity contribution is 7.89. The van der Waals surface area contributed by atoms with Gasteiger partial charge in [0.05, 0.1) is 5.02 Å². The van der Waals surface area contributed by atoms with Gasteiger partial charge >= 0.3 is 0 Å². The molecule has 1 heterocycles. The Labute approximate surface area is 171 Å². The molecule has 3 rings (SSSR count). The molecule has 0 aromatic heterocycles. The lowest BCUT2D eigenvalue weighted by Crippen LogP contribution is -2.87. The number of hydrogen-bond acceptors (Lipinski definition) is 3. The smallest absolute Gasteiger partial charge is 0.277 e. The highest BCUT2D eigenvalue weighted by Crippen LogP contribution is 2.24. The number of carbonyl (C=O) groups is 1. The van der Waals surface area contributed by atoms with Gasteiger partial charge in [-0.25, -0.2) is 8.42 Å². The van der Waals surface area contributed by atoms with Gasteiger partial charge in [0.1, 0.15) is 10.9 Å². The van der Waals surface area contributed by atoms with Gasteiger partial charge in [0.2, 0.25) is 10.0 Å². The van der Waals surface area contributed by atoms with Gasteiger partial charge in [0.15, 0.2) is 6.54 Å². The van der Waals surface area contributed by atoms with Crippen LogP contribution >= 0.6 is 11.6 Å². The molecule has 150 valence electrons. The van der Waals surface area contributed by atoms with Crippen LogP contribution in [0.2, 0.25) is 5.02 Å². The van der Waals surface area contributed by atoms with Gasteiger partial charge in [-0.1, -0.05) is 54.1 Å². The van der Waals surface area contributed by atoms with E-state index in [-0.39, 0.29) is 35.0 Å². The molecule has 8 heteroatoms. The second kappa shape index (κ2) is 9.05. The summed E-state index contributed by atoms with van der Waals surface area (Å²) in [5.41, 5.74) is 1.17. The van der Waals surface area contributed by atoms with E-state index < -0.39 is 10.0 Å². The first-order chi connectivity index (χ1) is 13.4. The van der Waals surface area contributed by atoms with Crippen molar-refractivity contribution in [2.24, 2.45) is 0 Å². The van der Waals surface area contributed by atoms with Gasteiger partial charge in [0.25, 0.3) is 5.91 Å². The van der Waals surface area contributed by atoms with E-state index in [1.165, 1.54) is 15.9 Å². The van der Waals surface area contributed by atoms with Crippen molar-refractivity contribution in [2.75, 3.05) is 32.7 Å². The van der Waals surface area contributed by atoms with Crippen LogP contribution in [0.15, 0.2) is 59.5 Å². The van der Waals surface area contributed by atoms with Gasteiger partial charge < -0.3 is 10.2 Å². The monoisotopic (exact) mass is 422 g/mol. The number of nitrogens with zero attached hydrogens (tertiary/aromatic N) is 2. The van der Waals surface area contributed by atoms with Crippen LogP contribution in [-0.4, -0.2) is 56.3 Å². The van der Waals surface area contributed by atoms with Gasteiger partial charge in [-0.3, -0.25) is 4.79 Å². The van der Waals surface area contributed by atoms with Crippen LogP contribution in [0.3, 0.4) is 0 Å². The molecule has 0 bridgehead atoms. The predicted molar refractivity (Wildman–Crippen MR) is 108 cm³/mol. The Bertz CT molecular complexity index is 913. The second-order valence-electron chi connectivity index (χ2n) is 6.85. The summed E-state index contributed by atoms with van der Waals surface area (Å²) in [7, 11) is -3.65. The molecule has 1 atom stereocenters. The molecule has 2 aromatic rings. The fraction of sp³-hybridized carbons (Fsp3) is 0.350. The van der Waals surface area contributed by atoms with Crippen LogP contribution in [0.4, 0.5) is 0 Å². The highest BCUT2D eigenvalue weighted by atomic mass is 35.5. The lowest BCUT2D eigenvalue weighted by Gasteiger charge is -2.33. The molecule has 0 aliphatic carbocycles. The average Bonchev–Trinajstić information content (AvgIpc) is 2.72. The zero-order chi connectivity index (χ0) is 20.1. The number of sulfonamides is 1. The van der Waals surface area contributed by atoms with Crippen molar-refractivity contribution < 1.29 is 18.5 Å². The number of carbonyl (C=O) groups excluding carboxylic acids is 1. The maximum absolute atomic E-state index is 12.8. The Kier molecular flexibility index (Phi) is 6.72. The maximum atomic E-state index is 12.8. The molecule has 28 heavy (non-hydrogen) atoms. The molecule has 0 spiro atoms. The SMILES string of the molecule is C[C@@H]([NH2+]CC(=O)N1CCN(S(=O)(=O)c2ccccc2Cl)CC1)c1ccccc1. The zero-order valence-electron chi connectivity index (χ0n) is 15.8. The number of benzene rings is 2. The van der Waals surface area contributed by atoms with Crippen molar-refractivity contribution in [3.05, 3.63) is 65.2 Å². The molecule has 1 fully saturated rings. The van der Waals surface area contributed by atoms with E-state index in [2.05, 4.69) is 6.92 Å². The van der Waals surface area contributed by atoms with Gasteiger partial charge in [-0.2, -0.15) is 4.31 Å². The standard InChI is InChI=1S/C20H24ClN3O3S/c1-16(17-7-3-2-4-8-17)22-15-20(25)23-11-13-24(14-12-23)28(26,27)19-10-6-5-9-18(19)21/h2-10,16,22H,11-15H2,1H3/p+1/t16-/m1/s1. The third-order valence-corrected chi connectivity index (χ3v) is 7.42. The summed E-state index contributed by atoms with van der Waals surface area (Å²) in [5.74, 6) is 0.0255. The van der Waals surface area contributed by atoms with Gasteiger partial charge in [-0.05, 0) is 19.1 Å². The Morgan fingerprint density at radius 1 is 1.04 bits per heavy atom. The molecule has 2 N–H and O–H groups in total. The van der Waals surface area contributed by atoms with Crippen molar-refractivity contribution in [3.8, 4) is 0 Å². The number of hydrogen-bond donors (Lipinski definition) is 1. The summed E-state index contributed by atoms with van der Waals surface area (Å²) in [6.07, 6.45) is 0. The number of quaternary nitrogens is 1. The minimum atomic E-state index is -3.65. The second-order valence-corrected chi connectivity index (χ2v) is 9.17. The minimum Gasteiger partial charge on any atom is -0.335 e. The molecular formula is C20H25ClN3O3S+. The largest absolute Gasteiger partial charge is 0.335 e. The first-order valence-corrected chi connectivity index (χ1v) is 11.1. The number of amides is 1. The fourth-order valence-electron chi connectivity index (χ4n) is 3.27. The Balaban J connectivity index is 1.53. The third kappa shape index (κ3) is 4.72. The lowest BCUT2D eigenvalue weighted by atomic mass is 10.1. The van der Waals surface area contributed by atoms with Gasteiger partial charge in [-0.15, -0.1) is 0 Å². The minimum absolute atomic E-state index is 0.0255. The summed E-state index contributed by atoms with van der Waals surface area (Å²) in [6.45, 7) is 3.72. The van der Waals surface area contributed by atoms with Crippen molar-refractivity contribution in [1.29, 1.82) is 0 Å². The normalized spacial score (nSPS) is 16.7. The molecule has 1 aliphatic rings. The van der Waals surface area contributed by atoms with Crippen LogP contribution < -0.4 is 5.32 Å². The Morgan fingerprint density at radius 2 is 1.64 bits per heavy atom. The molecule has 2 aromatic carbocycles. The summed E-state index contributed by atoms with van der Waals surface area (Å²) in [6, 6.07) is 16.7. The van der Waals surface area contributed by atoms with E-state index in [4.69, 9.17) is 11.6 Å². The van der Waals surface area contributed by atoms with Crippen LogP contribution in [0.5, 0.6) is 0 Å². The third-order valence-electron chi connectivity index (χ3n) is 5.02. The van der Waals surface area contributed by atoms with E-state index >= 15 is 0 Å². The lowest BCUT2D eigenvalue weighted by molar-refractivity contribution is -0.683.